The van der Waals surface area contributed by atoms with Crippen molar-refractivity contribution in [1.82, 2.24) is 0 Å². The fraction of sp³-hybridized carbons (Fsp3) is 0.652. The van der Waals surface area contributed by atoms with Gasteiger partial charge in [-0.2, -0.15) is 0 Å². The Morgan fingerprint density at radius 2 is 1.50 bits per heavy atom. The lowest BCUT2D eigenvalue weighted by Gasteiger charge is -2.63. The Kier molecular flexibility index (Phi) is 3.85. The average Bonchev–Trinajstić information content (AvgIpc) is 2.62. The van der Waals surface area contributed by atoms with E-state index >= 15 is 0 Å². The van der Waals surface area contributed by atoms with E-state index in [1.807, 2.05) is 18.2 Å². The summed E-state index contributed by atoms with van der Waals surface area (Å²) in [6, 6.07) is 7.95. The van der Waals surface area contributed by atoms with Gasteiger partial charge in [0.15, 0.2) is 5.92 Å². The first-order valence-electron chi connectivity index (χ1n) is 10.4. The molecule has 0 aromatic heterocycles. The first kappa shape index (κ1) is 18.0. The Hall–Kier alpha value is -2.04. The summed E-state index contributed by atoms with van der Waals surface area (Å²) in [4.78, 5) is 26.4. The van der Waals surface area contributed by atoms with Crippen molar-refractivity contribution in [2.24, 2.45) is 29.6 Å². The highest BCUT2D eigenvalue weighted by atomic mass is 16.7. The molecule has 0 radical (unpaired) electrons. The quantitative estimate of drug-likeness (QED) is 0.585. The number of methoxy groups -OCH3 is 1. The SMILES string of the molecule is COc1cccc(C2(C3C(=O)OC(C)(C)OC3=O)C3CC4CC(C3)CC2C4)c1. The molecule has 1 aromatic carbocycles. The van der Waals surface area contributed by atoms with Crippen LogP contribution in [0.2, 0.25) is 0 Å². The third-order valence-electron chi connectivity index (χ3n) is 7.70. The molecule has 0 spiro atoms. The molecule has 0 amide bonds. The summed E-state index contributed by atoms with van der Waals surface area (Å²) in [7, 11) is 1.65. The molecule has 1 aliphatic heterocycles. The zero-order chi connectivity index (χ0) is 19.7. The normalized spacial score (nSPS) is 38.8. The molecule has 0 atom stereocenters. The van der Waals surface area contributed by atoms with Crippen molar-refractivity contribution in [2.45, 2.75) is 57.2 Å². The number of rotatable bonds is 3. The number of hydrogen-bond acceptors (Lipinski definition) is 5. The molecule has 0 N–H and O–H groups in total. The predicted molar refractivity (Wildman–Crippen MR) is 101 cm³/mol. The fourth-order valence-electron chi connectivity index (χ4n) is 7.08. The van der Waals surface area contributed by atoms with E-state index < -0.39 is 29.1 Å². The molecule has 0 unspecified atom stereocenters. The highest BCUT2D eigenvalue weighted by Crippen LogP contribution is 2.66. The van der Waals surface area contributed by atoms with Crippen LogP contribution in [0.1, 0.15) is 51.5 Å². The third-order valence-corrected chi connectivity index (χ3v) is 7.70. The van der Waals surface area contributed by atoms with Crippen LogP contribution in [0.4, 0.5) is 0 Å². The van der Waals surface area contributed by atoms with E-state index in [1.54, 1.807) is 21.0 Å². The number of cyclic esters (lactones) is 2. The maximum Gasteiger partial charge on any atom is 0.324 e. The first-order valence-corrected chi connectivity index (χ1v) is 10.4. The number of ether oxygens (including phenoxy) is 3. The number of carbonyl (C=O) groups is 2. The summed E-state index contributed by atoms with van der Waals surface area (Å²) >= 11 is 0. The standard InChI is InChI=1S/C23H28O5/c1-22(2)27-20(24)19(21(25)28-22)23(15-5-4-6-18(12-15)26-3)16-8-13-7-14(10-16)11-17(23)9-13/h4-6,12-14,16-17,19H,7-11H2,1-3H3. The summed E-state index contributed by atoms with van der Waals surface area (Å²) in [5.41, 5.74) is 0.464. The molecular weight excluding hydrogens is 356 g/mol. The van der Waals surface area contributed by atoms with Crippen molar-refractivity contribution in [3.05, 3.63) is 29.8 Å². The van der Waals surface area contributed by atoms with E-state index in [1.165, 1.54) is 6.42 Å². The summed E-state index contributed by atoms with van der Waals surface area (Å²) in [6.45, 7) is 3.24. The van der Waals surface area contributed by atoms with Gasteiger partial charge < -0.3 is 14.2 Å². The topological polar surface area (TPSA) is 61.8 Å². The number of benzene rings is 1. The molecule has 28 heavy (non-hydrogen) atoms. The molecule has 150 valence electrons. The van der Waals surface area contributed by atoms with Gasteiger partial charge in [0.1, 0.15) is 5.75 Å². The Labute approximate surface area is 165 Å². The molecule has 1 heterocycles. The van der Waals surface area contributed by atoms with Crippen molar-refractivity contribution < 1.29 is 23.8 Å². The Morgan fingerprint density at radius 3 is 2.04 bits per heavy atom. The minimum absolute atomic E-state index is 0.294. The monoisotopic (exact) mass is 384 g/mol. The fourth-order valence-corrected chi connectivity index (χ4v) is 7.08. The van der Waals surface area contributed by atoms with Gasteiger partial charge in [0.25, 0.3) is 5.79 Å². The second-order valence-electron chi connectivity index (χ2n) is 9.64. The molecule has 5 aliphatic rings. The largest absolute Gasteiger partial charge is 0.497 e. The summed E-state index contributed by atoms with van der Waals surface area (Å²) in [5, 5.41) is 0. The van der Waals surface area contributed by atoms with E-state index in [0.29, 0.717) is 23.7 Å². The number of carbonyl (C=O) groups excluding carboxylic acids is 2. The lowest BCUT2D eigenvalue weighted by molar-refractivity contribution is -0.250. The van der Waals surface area contributed by atoms with Gasteiger partial charge in [-0.3, -0.25) is 9.59 Å². The van der Waals surface area contributed by atoms with Crippen LogP contribution in [0.15, 0.2) is 24.3 Å². The maximum atomic E-state index is 13.2. The van der Waals surface area contributed by atoms with E-state index in [-0.39, 0.29) is 0 Å². The Bertz CT molecular complexity index is 778. The minimum atomic E-state index is -1.20. The Morgan fingerprint density at radius 1 is 0.929 bits per heavy atom. The van der Waals surface area contributed by atoms with Gasteiger partial charge in [-0.05, 0) is 73.5 Å². The van der Waals surface area contributed by atoms with E-state index in [0.717, 1.165) is 37.0 Å². The molecule has 4 bridgehead atoms. The summed E-state index contributed by atoms with van der Waals surface area (Å²) < 4.78 is 16.7. The van der Waals surface area contributed by atoms with Crippen molar-refractivity contribution in [1.29, 1.82) is 0 Å². The molecule has 5 heteroatoms. The van der Waals surface area contributed by atoms with Crippen LogP contribution in [-0.4, -0.2) is 24.8 Å². The third kappa shape index (κ3) is 2.44. The number of esters is 2. The van der Waals surface area contributed by atoms with Gasteiger partial charge in [-0.1, -0.05) is 12.1 Å². The van der Waals surface area contributed by atoms with Crippen LogP contribution < -0.4 is 4.74 Å². The lowest BCUT2D eigenvalue weighted by Crippen LogP contribution is -2.65. The van der Waals surface area contributed by atoms with Crippen LogP contribution >= 0.6 is 0 Å². The zero-order valence-electron chi connectivity index (χ0n) is 16.8. The van der Waals surface area contributed by atoms with Crippen molar-refractivity contribution >= 4 is 11.9 Å². The van der Waals surface area contributed by atoms with Crippen LogP contribution in [0.25, 0.3) is 0 Å². The van der Waals surface area contributed by atoms with Crippen LogP contribution in [-0.2, 0) is 24.5 Å². The van der Waals surface area contributed by atoms with Gasteiger partial charge in [0, 0.05) is 19.3 Å². The van der Waals surface area contributed by atoms with Gasteiger partial charge in [0.05, 0.1) is 7.11 Å². The highest BCUT2D eigenvalue weighted by Gasteiger charge is 2.66. The van der Waals surface area contributed by atoms with Crippen LogP contribution in [0.3, 0.4) is 0 Å². The first-order chi connectivity index (χ1) is 13.3. The van der Waals surface area contributed by atoms with Crippen molar-refractivity contribution in [2.75, 3.05) is 7.11 Å². The van der Waals surface area contributed by atoms with Gasteiger partial charge in [-0.25, -0.2) is 0 Å². The molecule has 5 fully saturated rings. The zero-order valence-corrected chi connectivity index (χ0v) is 16.8. The summed E-state index contributed by atoms with van der Waals surface area (Å²) in [6.07, 6.45) is 5.60. The molecule has 1 saturated heterocycles. The predicted octanol–water partition coefficient (Wildman–Crippen LogP) is 3.84. The average molecular weight is 384 g/mol. The van der Waals surface area contributed by atoms with Gasteiger partial charge in [0.2, 0.25) is 0 Å². The minimum Gasteiger partial charge on any atom is -0.497 e. The van der Waals surface area contributed by atoms with Crippen molar-refractivity contribution in [3.8, 4) is 5.75 Å². The van der Waals surface area contributed by atoms with E-state index in [2.05, 4.69) is 6.07 Å². The summed E-state index contributed by atoms with van der Waals surface area (Å²) in [5.74, 6) is -0.197. The molecule has 6 rings (SSSR count). The second kappa shape index (κ2) is 5.98. The van der Waals surface area contributed by atoms with Crippen LogP contribution in [0, 0.1) is 29.6 Å². The van der Waals surface area contributed by atoms with Gasteiger partial charge >= 0.3 is 11.9 Å². The smallest absolute Gasteiger partial charge is 0.324 e. The van der Waals surface area contributed by atoms with Gasteiger partial charge in [-0.15, -0.1) is 0 Å². The highest BCUT2D eigenvalue weighted by molar-refractivity contribution is 5.99. The van der Waals surface area contributed by atoms with Crippen LogP contribution in [0.5, 0.6) is 5.75 Å². The van der Waals surface area contributed by atoms with E-state index in [9.17, 15) is 9.59 Å². The number of hydrogen-bond donors (Lipinski definition) is 0. The van der Waals surface area contributed by atoms with E-state index in [4.69, 9.17) is 14.2 Å². The Balaban J connectivity index is 1.68. The molecule has 4 aliphatic carbocycles. The molecule has 1 aromatic rings. The molecule has 5 nitrogen and oxygen atoms in total. The van der Waals surface area contributed by atoms with Crippen molar-refractivity contribution in [3.63, 3.8) is 0 Å². The molecule has 4 saturated carbocycles. The lowest BCUT2D eigenvalue weighted by atomic mass is 9.40. The molecular formula is C23H28O5. The second-order valence-corrected chi connectivity index (χ2v) is 9.64. The maximum absolute atomic E-state index is 13.2.